The van der Waals surface area contributed by atoms with Gasteiger partial charge >= 0.3 is 0 Å². The van der Waals surface area contributed by atoms with Gasteiger partial charge in [0, 0.05) is 37.0 Å². The number of aliphatic hydroxyl groups excluding tert-OH is 1. The fourth-order valence-corrected chi connectivity index (χ4v) is 2.61. The van der Waals surface area contributed by atoms with Crippen molar-refractivity contribution in [1.29, 1.82) is 0 Å². The molecule has 0 saturated heterocycles. The predicted octanol–water partition coefficient (Wildman–Crippen LogP) is 3.53. The summed E-state index contributed by atoms with van der Waals surface area (Å²) < 4.78 is 56.8. The number of aliphatic hydroxyl groups is 1. The Morgan fingerprint density at radius 3 is 2.84 bits per heavy atom. The topological polar surface area (TPSA) is 81.3 Å². The van der Waals surface area contributed by atoms with Gasteiger partial charge in [-0.05, 0) is 44.0 Å². The van der Waals surface area contributed by atoms with E-state index in [9.17, 15) is 5.11 Å². The number of pyridine rings is 1. The summed E-state index contributed by atoms with van der Waals surface area (Å²) in [7, 11) is 0. The van der Waals surface area contributed by atoms with Crippen LogP contribution in [-0.4, -0.2) is 31.9 Å². The lowest BCUT2D eigenvalue weighted by molar-refractivity contribution is -0.0442. The predicted molar refractivity (Wildman–Crippen MR) is 92.4 cm³/mol. The summed E-state index contributed by atoms with van der Waals surface area (Å²) in [6, 6.07) is 8.38. The molecule has 3 heterocycles. The first kappa shape index (κ1) is 10.5. The Morgan fingerprint density at radius 1 is 1.28 bits per heavy atom. The van der Waals surface area contributed by atoms with E-state index in [0.29, 0.717) is 27.5 Å². The van der Waals surface area contributed by atoms with Gasteiger partial charge in [-0.15, -0.1) is 0 Å². The van der Waals surface area contributed by atoms with E-state index >= 15 is 0 Å². The standard InChI is InChI=1S/C18H16ClN3O3/c1-18(2)14(23)8-11-7-12(9-20-16(11)24-18)17-21-15(22-25-17)10-3-5-13(19)6-4-10/h3-7,9,14,23H,8H2,1-2H3/t14-/m0/s1/i1D3,2D3. The maximum atomic E-state index is 10.5. The Labute approximate surface area is 157 Å². The van der Waals surface area contributed by atoms with Gasteiger partial charge < -0.3 is 14.4 Å². The highest BCUT2D eigenvalue weighted by molar-refractivity contribution is 6.30. The minimum Gasteiger partial charge on any atom is -0.469 e. The molecule has 0 aliphatic carbocycles. The largest absolute Gasteiger partial charge is 0.469 e. The third kappa shape index (κ3) is 2.99. The third-order valence-corrected chi connectivity index (χ3v) is 4.09. The maximum Gasteiger partial charge on any atom is 0.259 e. The van der Waals surface area contributed by atoms with Gasteiger partial charge in [0.2, 0.25) is 11.7 Å². The van der Waals surface area contributed by atoms with Gasteiger partial charge in [-0.3, -0.25) is 0 Å². The van der Waals surface area contributed by atoms with E-state index in [0.717, 1.165) is 0 Å². The number of benzene rings is 1. The van der Waals surface area contributed by atoms with E-state index in [2.05, 4.69) is 15.1 Å². The van der Waals surface area contributed by atoms with E-state index in [1.807, 2.05) is 0 Å². The molecule has 1 N–H and O–H groups in total. The van der Waals surface area contributed by atoms with Gasteiger partial charge in [0.15, 0.2) is 0 Å². The van der Waals surface area contributed by atoms with Crippen LogP contribution in [0.2, 0.25) is 5.02 Å². The molecule has 7 heteroatoms. The summed E-state index contributed by atoms with van der Waals surface area (Å²) in [5.41, 5.74) is -1.38. The fourth-order valence-electron chi connectivity index (χ4n) is 2.48. The molecule has 0 radical (unpaired) electrons. The molecule has 1 aliphatic rings. The van der Waals surface area contributed by atoms with Crippen LogP contribution in [0.15, 0.2) is 41.1 Å². The first-order valence-corrected chi connectivity index (χ1v) is 7.76. The highest BCUT2D eigenvalue weighted by Gasteiger charge is 2.36. The zero-order valence-electron chi connectivity index (χ0n) is 18.7. The maximum absolute atomic E-state index is 10.5. The summed E-state index contributed by atoms with van der Waals surface area (Å²) in [6.07, 6.45) is -0.797. The molecule has 0 bridgehead atoms. The van der Waals surface area contributed by atoms with Crippen LogP contribution in [0.4, 0.5) is 0 Å². The molecule has 0 spiro atoms. The zero-order valence-corrected chi connectivity index (χ0v) is 13.5. The van der Waals surface area contributed by atoms with Crippen LogP contribution in [0.3, 0.4) is 0 Å². The summed E-state index contributed by atoms with van der Waals surface area (Å²) in [5.74, 6) is 0.279. The molecule has 4 rings (SSSR count). The van der Waals surface area contributed by atoms with Crippen molar-refractivity contribution >= 4 is 11.6 Å². The van der Waals surface area contributed by atoms with Crippen molar-refractivity contribution in [1.82, 2.24) is 15.1 Å². The summed E-state index contributed by atoms with van der Waals surface area (Å²) in [6.45, 7) is -6.23. The molecule has 1 aromatic carbocycles. The molecule has 1 aliphatic heterocycles. The minimum atomic E-state index is -3.12. The van der Waals surface area contributed by atoms with E-state index in [1.165, 1.54) is 12.3 Å². The molecule has 1 atom stereocenters. The van der Waals surface area contributed by atoms with Crippen LogP contribution < -0.4 is 4.74 Å². The number of ether oxygens (including phenoxy) is 1. The van der Waals surface area contributed by atoms with E-state index < -0.39 is 25.4 Å². The lowest BCUT2D eigenvalue weighted by Gasteiger charge is -2.36. The Balaban J connectivity index is 1.69. The van der Waals surface area contributed by atoms with Crippen molar-refractivity contribution in [3.05, 3.63) is 47.1 Å². The van der Waals surface area contributed by atoms with Crippen LogP contribution >= 0.6 is 11.6 Å². The first-order valence-electron chi connectivity index (χ1n) is 10.4. The SMILES string of the molecule is [2H]C([2H])([2H])C1(C([2H])([2H])[2H])Oc2ncc(-c3nc(-c4ccc(Cl)cc4)no3)cc2C[C@@H]1O. The van der Waals surface area contributed by atoms with Crippen molar-refractivity contribution in [2.75, 3.05) is 0 Å². The molecule has 128 valence electrons. The van der Waals surface area contributed by atoms with Crippen LogP contribution in [0.5, 0.6) is 5.88 Å². The van der Waals surface area contributed by atoms with Gasteiger partial charge in [-0.2, -0.15) is 4.98 Å². The molecule has 0 unspecified atom stereocenters. The zero-order chi connectivity index (χ0) is 22.6. The lowest BCUT2D eigenvalue weighted by atomic mass is 9.92. The Hall–Kier alpha value is -2.44. The van der Waals surface area contributed by atoms with Crippen LogP contribution in [0.25, 0.3) is 22.8 Å². The van der Waals surface area contributed by atoms with E-state index in [-0.39, 0.29) is 18.2 Å². The number of hydrogen-bond donors (Lipinski definition) is 1. The molecule has 0 amide bonds. The highest BCUT2D eigenvalue weighted by Crippen LogP contribution is 2.34. The van der Waals surface area contributed by atoms with Crippen molar-refractivity contribution < 1.29 is 22.6 Å². The van der Waals surface area contributed by atoms with Crippen molar-refractivity contribution in [2.45, 2.75) is 31.8 Å². The number of aromatic nitrogens is 3. The summed E-state index contributed by atoms with van der Waals surface area (Å²) >= 11 is 5.88. The average molecular weight is 364 g/mol. The van der Waals surface area contributed by atoms with Gasteiger partial charge in [-0.1, -0.05) is 16.8 Å². The number of fused-ring (bicyclic) bond motifs is 1. The summed E-state index contributed by atoms with van der Waals surface area (Å²) in [5, 5.41) is 15.0. The first-order chi connectivity index (χ1) is 14.4. The van der Waals surface area contributed by atoms with Crippen LogP contribution in [-0.2, 0) is 6.42 Å². The van der Waals surface area contributed by atoms with Gasteiger partial charge in [0.1, 0.15) is 5.60 Å². The third-order valence-electron chi connectivity index (χ3n) is 3.84. The second-order valence-electron chi connectivity index (χ2n) is 5.68. The molecule has 25 heavy (non-hydrogen) atoms. The van der Waals surface area contributed by atoms with Crippen molar-refractivity contribution in [2.24, 2.45) is 0 Å². The second-order valence-corrected chi connectivity index (χ2v) is 6.11. The van der Waals surface area contributed by atoms with Crippen LogP contribution in [0, 0.1) is 0 Å². The molecule has 3 aromatic rings. The quantitative estimate of drug-likeness (QED) is 0.750. The Morgan fingerprint density at radius 2 is 2.08 bits per heavy atom. The number of halogens is 1. The van der Waals surface area contributed by atoms with Gasteiger partial charge in [-0.25, -0.2) is 4.98 Å². The van der Waals surface area contributed by atoms with E-state index in [4.69, 9.17) is 29.1 Å². The number of rotatable bonds is 2. The smallest absolute Gasteiger partial charge is 0.259 e. The van der Waals surface area contributed by atoms with Crippen LogP contribution in [0.1, 0.15) is 27.5 Å². The number of nitrogens with zero attached hydrogens (tertiary/aromatic N) is 3. The Kier molecular flexibility index (Phi) is 2.45. The van der Waals surface area contributed by atoms with Crippen molar-refractivity contribution in [3.63, 3.8) is 0 Å². The normalized spacial score (nSPS) is 23.0. The monoisotopic (exact) mass is 363 g/mol. The number of hydrogen-bond acceptors (Lipinski definition) is 6. The fraction of sp³-hybridized carbons (Fsp3) is 0.278. The van der Waals surface area contributed by atoms with E-state index in [1.54, 1.807) is 24.3 Å². The second kappa shape index (κ2) is 5.82. The van der Waals surface area contributed by atoms with Crippen molar-refractivity contribution in [3.8, 4) is 28.7 Å². The molecule has 2 aromatic heterocycles. The average Bonchev–Trinajstić information content (AvgIpc) is 3.15. The molecule has 0 fully saturated rings. The molecule has 6 nitrogen and oxygen atoms in total. The Bertz CT molecular complexity index is 1100. The molecule has 0 saturated carbocycles. The van der Waals surface area contributed by atoms with Gasteiger partial charge in [0.05, 0.1) is 11.7 Å². The minimum absolute atomic E-state index is 0.137. The molecular formula is C18H16ClN3O3. The highest BCUT2D eigenvalue weighted by atomic mass is 35.5. The summed E-state index contributed by atoms with van der Waals surface area (Å²) in [4.78, 5) is 8.38. The van der Waals surface area contributed by atoms with Gasteiger partial charge in [0.25, 0.3) is 5.89 Å². The lowest BCUT2D eigenvalue weighted by Crippen LogP contribution is -2.46. The molecular weight excluding hydrogens is 342 g/mol.